The Morgan fingerprint density at radius 3 is 2.56 bits per heavy atom. The Morgan fingerprint density at radius 1 is 1.25 bits per heavy atom. The molecular weight excluding hydrogens is 200 g/mol. The van der Waals surface area contributed by atoms with Crippen molar-refractivity contribution in [2.45, 2.75) is 39.0 Å². The smallest absolute Gasteiger partial charge is 0.122 e. The van der Waals surface area contributed by atoms with Crippen LogP contribution in [0.1, 0.15) is 35.1 Å². The van der Waals surface area contributed by atoms with Gasteiger partial charge in [-0.1, -0.05) is 0 Å². The van der Waals surface area contributed by atoms with Gasteiger partial charge in [0.25, 0.3) is 0 Å². The van der Waals surface area contributed by atoms with Gasteiger partial charge in [0.15, 0.2) is 0 Å². The third kappa shape index (κ3) is 1.94. The number of fused-ring (bicyclic) bond motifs is 1. The normalized spacial score (nSPS) is 14.7. The highest BCUT2D eigenvalue weighted by Gasteiger charge is 2.18. The highest BCUT2D eigenvalue weighted by atomic mass is 16.5. The third-order valence-corrected chi connectivity index (χ3v) is 3.53. The van der Waals surface area contributed by atoms with Gasteiger partial charge in [0.05, 0.1) is 7.11 Å². The minimum absolute atomic E-state index is 0.200. The van der Waals surface area contributed by atoms with E-state index in [-0.39, 0.29) is 6.61 Å². The molecule has 0 saturated heterocycles. The highest BCUT2D eigenvalue weighted by molar-refractivity contribution is 5.50. The first kappa shape index (κ1) is 11.5. The van der Waals surface area contributed by atoms with Crippen molar-refractivity contribution in [3.8, 4) is 5.75 Å². The van der Waals surface area contributed by atoms with Crippen LogP contribution in [0.3, 0.4) is 0 Å². The number of rotatable bonds is 3. The zero-order valence-electron chi connectivity index (χ0n) is 10.2. The van der Waals surface area contributed by atoms with Gasteiger partial charge >= 0.3 is 0 Å². The van der Waals surface area contributed by atoms with Crippen LogP contribution < -0.4 is 4.74 Å². The van der Waals surface area contributed by atoms with Crippen molar-refractivity contribution in [2.75, 3.05) is 13.7 Å². The van der Waals surface area contributed by atoms with Crippen LogP contribution in [0.5, 0.6) is 5.75 Å². The molecule has 1 aliphatic carbocycles. The van der Waals surface area contributed by atoms with Crippen LogP contribution in [-0.2, 0) is 19.3 Å². The van der Waals surface area contributed by atoms with E-state index in [4.69, 9.17) is 9.84 Å². The predicted octanol–water partition coefficient (Wildman–Crippen LogP) is 2.42. The molecule has 1 N–H and O–H groups in total. The molecule has 0 heterocycles. The average Bonchev–Trinajstić information content (AvgIpc) is 2.33. The Hall–Kier alpha value is -1.02. The fourth-order valence-electron chi connectivity index (χ4n) is 2.76. The summed E-state index contributed by atoms with van der Waals surface area (Å²) in [6.45, 7) is 2.36. The largest absolute Gasteiger partial charge is 0.496 e. The summed E-state index contributed by atoms with van der Waals surface area (Å²) < 4.78 is 5.43. The van der Waals surface area contributed by atoms with E-state index < -0.39 is 0 Å². The van der Waals surface area contributed by atoms with Gasteiger partial charge in [-0.2, -0.15) is 0 Å². The maximum Gasteiger partial charge on any atom is 0.122 e. The number of aryl methyl sites for hydroxylation is 1. The van der Waals surface area contributed by atoms with E-state index in [9.17, 15) is 0 Å². The maximum atomic E-state index is 9.15. The molecule has 1 aromatic rings. The summed E-state index contributed by atoms with van der Waals surface area (Å²) in [6.07, 6.45) is 5.59. The van der Waals surface area contributed by atoms with E-state index in [1.54, 1.807) is 7.11 Å². The third-order valence-electron chi connectivity index (χ3n) is 3.53. The topological polar surface area (TPSA) is 29.5 Å². The Balaban J connectivity index is 2.54. The summed E-state index contributed by atoms with van der Waals surface area (Å²) in [6, 6.07) is 2.12. The standard InChI is InChI=1S/C14H20O2/c1-10-9-14(16-2)13(7-8-15)12-6-4-3-5-11(10)12/h9,15H,3-8H2,1-2H3. The molecule has 0 amide bonds. The average molecular weight is 220 g/mol. The summed E-state index contributed by atoms with van der Waals surface area (Å²) in [4.78, 5) is 0. The van der Waals surface area contributed by atoms with E-state index >= 15 is 0 Å². The first-order chi connectivity index (χ1) is 7.77. The lowest BCUT2D eigenvalue weighted by atomic mass is 9.84. The van der Waals surface area contributed by atoms with Crippen LogP contribution >= 0.6 is 0 Å². The minimum Gasteiger partial charge on any atom is -0.496 e. The van der Waals surface area contributed by atoms with Crippen molar-refractivity contribution in [3.05, 3.63) is 28.3 Å². The van der Waals surface area contributed by atoms with Crippen LogP contribution in [0.4, 0.5) is 0 Å². The van der Waals surface area contributed by atoms with Gasteiger partial charge < -0.3 is 9.84 Å². The van der Waals surface area contributed by atoms with Crippen molar-refractivity contribution in [1.29, 1.82) is 0 Å². The fourth-order valence-corrected chi connectivity index (χ4v) is 2.76. The van der Waals surface area contributed by atoms with Crippen molar-refractivity contribution in [2.24, 2.45) is 0 Å². The molecule has 0 bridgehead atoms. The van der Waals surface area contributed by atoms with Crippen LogP contribution in [0.2, 0.25) is 0 Å². The lowest BCUT2D eigenvalue weighted by Crippen LogP contribution is -2.11. The number of hydrogen-bond acceptors (Lipinski definition) is 2. The van der Waals surface area contributed by atoms with Crippen molar-refractivity contribution < 1.29 is 9.84 Å². The molecule has 2 nitrogen and oxygen atoms in total. The molecule has 0 radical (unpaired) electrons. The number of hydrogen-bond donors (Lipinski definition) is 1. The predicted molar refractivity (Wildman–Crippen MR) is 65.2 cm³/mol. The molecule has 0 aliphatic heterocycles. The molecule has 0 unspecified atom stereocenters. The quantitative estimate of drug-likeness (QED) is 0.847. The van der Waals surface area contributed by atoms with Gasteiger partial charge in [0.2, 0.25) is 0 Å². The van der Waals surface area contributed by atoms with Crippen molar-refractivity contribution in [1.82, 2.24) is 0 Å². The molecule has 2 rings (SSSR count). The van der Waals surface area contributed by atoms with Gasteiger partial charge in [-0.05, 0) is 67.3 Å². The fraction of sp³-hybridized carbons (Fsp3) is 0.571. The van der Waals surface area contributed by atoms with Crippen LogP contribution in [-0.4, -0.2) is 18.8 Å². The Morgan fingerprint density at radius 2 is 1.94 bits per heavy atom. The number of aliphatic hydroxyl groups excluding tert-OH is 1. The molecule has 2 heteroatoms. The van der Waals surface area contributed by atoms with Gasteiger partial charge in [0.1, 0.15) is 5.75 Å². The van der Waals surface area contributed by atoms with Gasteiger partial charge in [-0.3, -0.25) is 0 Å². The first-order valence-corrected chi connectivity index (χ1v) is 6.07. The van der Waals surface area contributed by atoms with E-state index in [1.165, 1.54) is 41.5 Å². The van der Waals surface area contributed by atoms with Gasteiger partial charge in [-0.15, -0.1) is 0 Å². The minimum atomic E-state index is 0.200. The summed E-state index contributed by atoms with van der Waals surface area (Å²) in [5.41, 5.74) is 5.51. The SMILES string of the molecule is COc1cc(C)c2c(c1CCO)CCCC2. The molecule has 0 aromatic heterocycles. The van der Waals surface area contributed by atoms with Crippen molar-refractivity contribution >= 4 is 0 Å². The zero-order valence-corrected chi connectivity index (χ0v) is 10.2. The summed E-state index contributed by atoms with van der Waals surface area (Å²) in [5.74, 6) is 0.951. The Bertz CT molecular complexity index is 383. The first-order valence-electron chi connectivity index (χ1n) is 6.07. The molecular formula is C14H20O2. The summed E-state index contributed by atoms with van der Waals surface area (Å²) in [7, 11) is 1.71. The molecule has 0 fully saturated rings. The highest BCUT2D eigenvalue weighted by Crippen LogP contribution is 2.33. The lowest BCUT2D eigenvalue weighted by Gasteiger charge is -2.23. The molecule has 0 saturated carbocycles. The van der Waals surface area contributed by atoms with Crippen LogP contribution in [0, 0.1) is 6.92 Å². The van der Waals surface area contributed by atoms with E-state index in [0.717, 1.165) is 12.2 Å². The van der Waals surface area contributed by atoms with Crippen LogP contribution in [0.25, 0.3) is 0 Å². The van der Waals surface area contributed by atoms with Gasteiger partial charge in [0, 0.05) is 6.61 Å². The molecule has 0 spiro atoms. The Labute approximate surface area is 97.3 Å². The van der Waals surface area contributed by atoms with Crippen molar-refractivity contribution in [3.63, 3.8) is 0 Å². The Kier molecular flexibility index (Phi) is 3.49. The number of aliphatic hydroxyl groups is 1. The second kappa shape index (κ2) is 4.88. The maximum absolute atomic E-state index is 9.15. The van der Waals surface area contributed by atoms with E-state index in [2.05, 4.69) is 13.0 Å². The second-order valence-corrected chi connectivity index (χ2v) is 4.51. The van der Waals surface area contributed by atoms with Gasteiger partial charge in [-0.25, -0.2) is 0 Å². The number of benzene rings is 1. The van der Waals surface area contributed by atoms with Crippen LogP contribution in [0.15, 0.2) is 6.07 Å². The number of methoxy groups -OCH3 is 1. The second-order valence-electron chi connectivity index (χ2n) is 4.51. The molecule has 0 atom stereocenters. The molecule has 16 heavy (non-hydrogen) atoms. The molecule has 1 aromatic carbocycles. The summed E-state index contributed by atoms with van der Waals surface area (Å²) in [5, 5.41) is 9.15. The molecule has 88 valence electrons. The zero-order chi connectivity index (χ0) is 11.5. The number of ether oxygens (including phenoxy) is 1. The monoisotopic (exact) mass is 220 g/mol. The summed E-state index contributed by atoms with van der Waals surface area (Å²) >= 11 is 0. The lowest BCUT2D eigenvalue weighted by molar-refractivity contribution is 0.296. The van der Waals surface area contributed by atoms with E-state index in [0.29, 0.717) is 6.42 Å². The molecule has 1 aliphatic rings. The van der Waals surface area contributed by atoms with E-state index in [1.807, 2.05) is 0 Å².